The van der Waals surface area contributed by atoms with Crippen molar-refractivity contribution in [1.29, 1.82) is 0 Å². The number of aromatic nitrogens is 1. The lowest BCUT2D eigenvalue weighted by Gasteiger charge is -2.38. The Balaban J connectivity index is 1.65. The Hall–Kier alpha value is -2.40. The molecule has 1 aliphatic heterocycles. The Morgan fingerprint density at radius 2 is 1.83 bits per heavy atom. The number of aliphatic hydroxyl groups is 1. The van der Waals surface area contributed by atoms with Crippen LogP contribution in [0.15, 0.2) is 42.7 Å². The predicted octanol–water partition coefficient (Wildman–Crippen LogP) is 3.21. The normalized spacial score (nSPS) is 16.7. The molecule has 1 aliphatic rings. The predicted molar refractivity (Wildman–Crippen MR) is 93.9 cm³/mol. The molecule has 1 aromatic heterocycles. The molecule has 0 radical (unpaired) electrons. The average Bonchev–Trinajstić information content (AvgIpc) is 2.59. The van der Waals surface area contributed by atoms with Crippen molar-refractivity contribution in [2.45, 2.75) is 32.3 Å². The number of aryl methyl sites for hydroxylation is 2. The number of nitrogens with one attached hydrogen (secondary N) is 1. The van der Waals surface area contributed by atoms with Crippen LogP contribution in [0.4, 0.5) is 10.5 Å². The fraction of sp³-hybridized carbons (Fsp3) is 0.368. The number of piperidine rings is 1. The summed E-state index contributed by atoms with van der Waals surface area (Å²) in [4.78, 5) is 18.4. The molecule has 0 aliphatic carbocycles. The van der Waals surface area contributed by atoms with Gasteiger partial charge in [-0.05, 0) is 43.9 Å². The Bertz CT molecular complexity index is 702. The Kier molecular flexibility index (Phi) is 4.53. The third-order valence-electron chi connectivity index (χ3n) is 4.79. The lowest BCUT2D eigenvalue weighted by molar-refractivity contribution is -0.0159. The second-order valence-corrected chi connectivity index (χ2v) is 6.46. The van der Waals surface area contributed by atoms with Gasteiger partial charge in [0.05, 0.1) is 5.60 Å². The zero-order valence-electron chi connectivity index (χ0n) is 14.1. The first kappa shape index (κ1) is 16.5. The summed E-state index contributed by atoms with van der Waals surface area (Å²) in [6.45, 7) is 5.00. The molecule has 2 aromatic rings. The van der Waals surface area contributed by atoms with Crippen LogP contribution in [0.2, 0.25) is 0 Å². The molecule has 126 valence electrons. The number of likely N-dealkylation sites (tertiary alicyclic amines) is 1. The third kappa shape index (κ3) is 3.26. The van der Waals surface area contributed by atoms with Crippen molar-refractivity contribution in [2.24, 2.45) is 0 Å². The molecule has 1 aromatic carbocycles. The number of amides is 2. The summed E-state index contributed by atoms with van der Waals surface area (Å²) in [6.07, 6.45) is 4.42. The third-order valence-corrected chi connectivity index (χ3v) is 4.79. The summed E-state index contributed by atoms with van der Waals surface area (Å²) < 4.78 is 0. The Morgan fingerprint density at radius 3 is 2.42 bits per heavy atom. The Labute approximate surface area is 142 Å². The van der Waals surface area contributed by atoms with Crippen LogP contribution in [-0.2, 0) is 5.60 Å². The number of benzene rings is 1. The SMILES string of the molecule is Cc1cccc(C)c1NC(=O)N1CCC(O)(c2cccnc2)CC1. The summed E-state index contributed by atoms with van der Waals surface area (Å²) in [7, 11) is 0. The van der Waals surface area contributed by atoms with Gasteiger partial charge in [0.2, 0.25) is 0 Å². The molecule has 2 amide bonds. The van der Waals surface area contributed by atoms with E-state index >= 15 is 0 Å². The van der Waals surface area contributed by atoms with E-state index in [0.717, 1.165) is 22.4 Å². The van der Waals surface area contributed by atoms with E-state index < -0.39 is 5.60 Å². The molecule has 0 unspecified atom stereocenters. The molecule has 5 heteroatoms. The zero-order chi connectivity index (χ0) is 17.2. The van der Waals surface area contributed by atoms with E-state index in [2.05, 4.69) is 10.3 Å². The number of rotatable bonds is 2. The summed E-state index contributed by atoms with van der Waals surface area (Å²) >= 11 is 0. The minimum absolute atomic E-state index is 0.111. The van der Waals surface area contributed by atoms with Crippen LogP contribution >= 0.6 is 0 Å². The number of nitrogens with zero attached hydrogens (tertiary/aromatic N) is 2. The van der Waals surface area contributed by atoms with Crippen molar-refractivity contribution in [1.82, 2.24) is 9.88 Å². The van der Waals surface area contributed by atoms with Gasteiger partial charge in [-0.2, -0.15) is 0 Å². The molecule has 24 heavy (non-hydrogen) atoms. The van der Waals surface area contributed by atoms with E-state index in [1.165, 1.54) is 0 Å². The van der Waals surface area contributed by atoms with Crippen LogP contribution in [-0.4, -0.2) is 34.1 Å². The number of anilines is 1. The first-order chi connectivity index (χ1) is 11.5. The van der Waals surface area contributed by atoms with Gasteiger partial charge >= 0.3 is 6.03 Å². The first-order valence-electron chi connectivity index (χ1n) is 8.25. The average molecular weight is 325 g/mol. The van der Waals surface area contributed by atoms with Gasteiger partial charge in [0.15, 0.2) is 0 Å². The van der Waals surface area contributed by atoms with Crippen molar-refractivity contribution in [3.63, 3.8) is 0 Å². The van der Waals surface area contributed by atoms with E-state index in [-0.39, 0.29) is 6.03 Å². The van der Waals surface area contributed by atoms with Gasteiger partial charge in [0.1, 0.15) is 0 Å². The second kappa shape index (κ2) is 6.61. The maximum Gasteiger partial charge on any atom is 0.321 e. The van der Waals surface area contributed by atoms with E-state index in [1.54, 1.807) is 17.3 Å². The van der Waals surface area contributed by atoms with Crippen molar-refractivity contribution in [3.05, 3.63) is 59.4 Å². The highest BCUT2D eigenvalue weighted by Crippen LogP contribution is 2.32. The molecule has 1 saturated heterocycles. The minimum Gasteiger partial charge on any atom is -0.385 e. The molecular formula is C19H23N3O2. The van der Waals surface area contributed by atoms with Crippen molar-refractivity contribution < 1.29 is 9.90 Å². The van der Waals surface area contributed by atoms with Gasteiger partial charge in [-0.25, -0.2) is 4.79 Å². The van der Waals surface area contributed by atoms with Crippen molar-refractivity contribution in [2.75, 3.05) is 18.4 Å². The van der Waals surface area contributed by atoms with Gasteiger partial charge in [-0.15, -0.1) is 0 Å². The number of hydrogen-bond acceptors (Lipinski definition) is 3. The monoisotopic (exact) mass is 325 g/mol. The summed E-state index contributed by atoms with van der Waals surface area (Å²) in [6, 6.07) is 9.56. The Morgan fingerprint density at radius 1 is 1.17 bits per heavy atom. The second-order valence-electron chi connectivity index (χ2n) is 6.46. The summed E-state index contributed by atoms with van der Waals surface area (Å²) in [5, 5.41) is 13.8. The minimum atomic E-state index is -0.899. The molecular weight excluding hydrogens is 302 g/mol. The van der Waals surface area contributed by atoms with E-state index in [1.807, 2.05) is 44.2 Å². The molecule has 3 rings (SSSR count). The van der Waals surface area contributed by atoms with Gasteiger partial charge in [0.25, 0.3) is 0 Å². The molecule has 0 atom stereocenters. The van der Waals surface area contributed by atoms with E-state index in [4.69, 9.17) is 0 Å². The number of para-hydroxylation sites is 1. The maximum absolute atomic E-state index is 12.5. The standard InChI is InChI=1S/C19H23N3O2/c1-14-5-3-6-15(2)17(14)21-18(23)22-11-8-19(24,9-12-22)16-7-4-10-20-13-16/h3-7,10,13,24H,8-9,11-12H2,1-2H3,(H,21,23). The molecule has 0 bridgehead atoms. The maximum atomic E-state index is 12.5. The summed E-state index contributed by atoms with van der Waals surface area (Å²) in [5.74, 6) is 0. The van der Waals surface area contributed by atoms with Crippen molar-refractivity contribution in [3.8, 4) is 0 Å². The van der Waals surface area contributed by atoms with Crippen LogP contribution in [0, 0.1) is 13.8 Å². The van der Waals surface area contributed by atoms with Crippen LogP contribution in [0.25, 0.3) is 0 Å². The van der Waals surface area contributed by atoms with Crippen molar-refractivity contribution >= 4 is 11.7 Å². The van der Waals surface area contributed by atoms with Gasteiger partial charge < -0.3 is 15.3 Å². The first-order valence-corrected chi connectivity index (χ1v) is 8.25. The lowest BCUT2D eigenvalue weighted by Crippen LogP contribution is -2.46. The molecule has 2 N–H and O–H groups in total. The fourth-order valence-corrected chi connectivity index (χ4v) is 3.20. The summed E-state index contributed by atoms with van der Waals surface area (Å²) in [5.41, 5.74) is 2.89. The molecule has 1 fully saturated rings. The lowest BCUT2D eigenvalue weighted by atomic mass is 9.85. The molecule has 0 saturated carbocycles. The highest BCUT2D eigenvalue weighted by Gasteiger charge is 2.35. The van der Waals surface area contributed by atoms with Crippen LogP contribution < -0.4 is 5.32 Å². The number of pyridine rings is 1. The quantitative estimate of drug-likeness (QED) is 0.891. The highest BCUT2D eigenvalue weighted by atomic mass is 16.3. The van der Waals surface area contributed by atoms with Crippen LogP contribution in [0.1, 0.15) is 29.5 Å². The smallest absolute Gasteiger partial charge is 0.321 e. The molecule has 5 nitrogen and oxygen atoms in total. The largest absolute Gasteiger partial charge is 0.385 e. The number of urea groups is 1. The van der Waals surface area contributed by atoms with Crippen LogP contribution in [0.5, 0.6) is 0 Å². The number of carbonyl (C=O) groups excluding carboxylic acids is 1. The van der Waals surface area contributed by atoms with E-state index in [0.29, 0.717) is 25.9 Å². The van der Waals surface area contributed by atoms with Gasteiger partial charge in [0, 0.05) is 36.7 Å². The van der Waals surface area contributed by atoms with E-state index in [9.17, 15) is 9.90 Å². The zero-order valence-corrected chi connectivity index (χ0v) is 14.1. The van der Waals surface area contributed by atoms with Gasteiger partial charge in [-0.1, -0.05) is 24.3 Å². The molecule has 0 spiro atoms. The highest BCUT2D eigenvalue weighted by molar-refractivity contribution is 5.91. The topological polar surface area (TPSA) is 65.5 Å². The van der Waals surface area contributed by atoms with Crippen LogP contribution in [0.3, 0.4) is 0 Å². The number of hydrogen-bond donors (Lipinski definition) is 2. The molecule has 2 heterocycles. The van der Waals surface area contributed by atoms with Gasteiger partial charge in [-0.3, -0.25) is 4.98 Å². The fourth-order valence-electron chi connectivity index (χ4n) is 3.20. The number of carbonyl (C=O) groups is 1.